The van der Waals surface area contributed by atoms with Crippen LogP contribution in [0, 0.1) is 5.41 Å². The zero-order valence-corrected chi connectivity index (χ0v) is 14.7. The molecule has 25 heavy (non-hydrogen) atoms. The van der Waals surface area contributed by atoms with Crippen molar-refractivity contribution in [2.75, 3.05) is 11.4 Å². The number of aryl methyl sites for hydroxylation is 1. The molecule has 5 heteroatoms. The molecule has 3 rings (SSSR count). The molecular formula is C20H23N3O2. The van der Waals surface area contributed by atoms with Crippen LogP contribution in [0.25, 0.3) is 0 Å². The third kappa shape index (κ3) is 3.55. The Morgan fingerprint density at radius 1 is 1.16 bits per heavy atom. The summed E-state index contributed by atoms with van der Waals surface area (Å²) in [5, 5.41) is 2.83. The fourth-order valence-corrected chi connectivity index (χ4v) is 3.07. The Balaban J connectivity index is 1.73. The maximum Gasteiger partial charge on any atom is 0.242 e. The van der Waals surface area contributed by atoms with E-state index in [1.54, 1.807) is 24.9 Å². The second kappa shape index (κ2) is 7.05. The van der Waals surface area contributed by atoms with Crippen LogP contribution in [0.1, 0.15) is 31.5 Å². The van der Waals surface area contributed by atoms with Crippen LogP contribution in [0.5, 0.6) is 0 Å². The number of carbonyl (C=O) groups excluding carboxylic acids is 2. The maximum atomic E-state index is 13.1. The first-order chi connectivity index (χ1) is 12.0. The number of nitrogens with zero attached hydrogens (tertiary/aromatic N) is 2. The molecule has 0 bridgehead atoms. The van der Waals surface area contributed by atoms with E-state index in [9.17, 15) is 9.59 Å². The summed E-state index contributed by atoms with van der Waals surface area (Å²) in [5.41, 5.74) is 1.71. The van der Waals surface area contributed by atoms with Crippen molar-refractivity contribution < 1.29 is 9.59 Å². The van der Waals surface area contributed by atoms with Gasteiger partial charge in [-0.1, -0.05) is 24.3 Å². The molecule has 0 atom stereocenters. The minimum absolute atomic E-state index is 0.168. The predicted octanol–water partition coefficient (Wildman–Crippen LogP) is 2.70. The highest BCUT2D eigenvalue weighted by atomic mass is 16.2. The van der Waals surface area contributed by atoms with Crippen LogP contribution >= 0.6 is 0 Å². The van der Waals surface area contributed by atoms with E-state index >= 15 is 0 Å². The molecule has 0 spiro atoms. The van der Waals surface area contributed by atoms with Gasteiger partial charge in [-0.25, -0.2) is 0 Å². The van der Waals surface area contributed by atoms with Crippen LogP contribution in [0.3, 0.4) is 0 Å². The third-order valence-electron chi connectivity index (χ3n) is 4.61. The Labute approximate surface area is 148 Å². The zero-order valence-electron chi connectivity index (χ0n) is 14.7. The SMILES string of the molecule is CC(C)(C(=O)NCc1ccccn1)C(=O)N1CCCc2ccccc21. The van der Waals surface area contributed by atoms with Gasteiger partial charge in [0.15, 0.2) is 0 Å². The molecule has 130 valence electrons. The molecule has 0 aliphatic carbocycles. The lowest BCUT2D eigenvalue weighted by molar-refractivity contribution is -0.140. The van der Waals surface area contributed by atoms with Gasteiger partial charge < -0.3 is 10.2 Å². The number of carbonyl (C=O) groups is 2. The number of rotatable bonds is 4. The number of anilines is 1. The maximum absolute atomic E-state index is 13.1. The monoisotopic (exact) mass is 337 g/mol. The lowest BCUT2D eigenvalue weighted by atomic mass is 9.88. The Hall–Kier alpha value is -2.69. The van der Waals surface area contributed by atoms with E-state index in [-0.39, 0.29) is 11.8 Å². The van der Waals surface area contributed by atoms with Crippen LogP contribution < -0.4 is 10.2 Å². The van der Waals surface area contributed by atoms with Crippen molar-refractivity contribution in [2.24, 2.45) is 5.41 Å². The Bertz CT molecular complexity index is 772. The molecule has 1 aromatic carbocycles. The van der Waals surface area contributed by atoms with E-state index in [4.69, 9.17) is 0 Å². The number of para-hydroxylation sites is 1. The number of aromatic nitrogens is 1. The van der Waals surface area contributed by atoms with Crippen molar-refractivity contribution in [3.8, 4) is 0 Å². The summed E-state index contributed by atoms with van der Waals surface area (Å²) >= 11 is 0. The smallest absolute Gasteiger partial charge is 0.242 e. The van der Waals surface area contributed by atoms with Gasteiger partial charge in [-0.2, -0.15) is 0 Å². The average Bonchev–Trinajstić information content (AvgIpc) is 2.65. The standard InChI is InChI=1S/C20H23N3O2/c1-20(2,18(24)22-14-16-10-5-6-12-21-16)19(25)23-13-7-9-15-8-3-4-11-17(15)23/h3-6,8,10-12H,7,9,13-14H2,1-2H3,(H,22,24). The van der Waals surface area contributed by atoms with Crippen LogP contribution in [0.15, 0.2) is 48.7 Å². The first kappa shape index (κ1) is 17.1. The van der Waals surface area contributed by atoms with Crippen molar-refractivity contribution in [1.82, 2.24) is 10.3 Å². The molecule has 5 nitrogen and oxygen atoms in total. The Morgan fingerprint density at radius 2 is 1.92 bits per heavy atom. The number of pyridine rings is 1. The predicted molar refractivity (Wildman–Crippen MR) is 97.0 cm³/mol. The molecule has 0 radical (unpaired) electrons. The molecule has 0 saturated heterocycles. The highest BCUT2D eigenvalue weighted by Gasteiger charge is 2.40. The van der Waals surface area contributed by atoms with E-state index in [1.165, 1.54) is 0 Å². The summed E-state index contributed by atoms with van der Waals surface area (Å²) in [6, 6.07) is 13.4. The summed E-state index contributed by atoms with van der Waals surface area (Å²) in [4.78, 5) is 31.7. The van der Waals surface area contributed by atoms with Crippen molar-refractivity contribution in [1.29, 1.82) is 0 Å². The number of nitrogens with one attached hydrogen (secondary N) is 1. The Kier molecular flexibility index (Phi) is 4.83. The summed E-state index contributed by atoms with van der Waals surface area (Å²) in [6.07, 6.45) is 3.56. The minimum Gasteiger partial charge on any atom is -0.350 e. The van der Waals surface area contributed by atoms with Crippen LogP contribution in [-0.4, -0.2) is 23.3 Å². The molecule has 0 saturated carbocycles. The molecule has 2 amide bonds. The number of fused-ring (bicyclic) bond motifs is 1. The molecule has 0 fully saturated rings. The second-order valence-corrected chi connectivity index (χ2v) is 6.82. The van der Waals surface area contributed by atoms with Crippen molar-refractivity contribution in [3.63, 3.8) is 0 Å². The molecule has 1 aliphatic rings. The number of hydrogen-bond acceptors (Lipinski definition) is 3. The highest BCUT2D eigenvalue weighted by Crippen LogP contribution is 2.31. The molecular weight excluding hydrogens is 314 g/mol. The third-order valence-corrected chi connectivity index (χ3v) is 4.61. The summed E-state index contributed by atoms with van der Waals surface area (Å²) < 4.78 is 0. The number of amides is 2. The lowest BCUT2D eigenvalue weighted by Crippen LogP contribution is -2.50. The molecule has 2 heterocycles. The van der Waals surface area contributed by atoms with E-state index < -0.39 is 5.41 Å². The van der Waals surface area contributed by atoms with Crippen LogP contribution in [-0.2, 0) is 22.6 Å². The summed E-state index contributed by atoms with van der Waals surface area (Å²) in [6.45, 7) is 4.32. The average molecular weight is 337 g/mol. The lowest BCUT2D eigenvalue weighted by Gasteiger charge is -2.35. The van der Waals surface area contributed by atoms with E-state index in [2.05, 4.69) is 10.3 Å². The summed E-state index contributed by atoms with van der Waals surface area (Å²) in [7, 11) is 0. The first-order valence-corrected chi connectivity index (χ1v) is 8.58. The van der Waals surface area contributed by atoms with Gasteiger partial charge in [-0.3, -0.25) is 14.6 Å². The number of hydrogen-bond donors (Lipinski definition) is 1. The molecule has 1 aromatic heterocycles. The number of benzene rings is 1. The van der Waals surface area contributed by atoms with Gasteiger partial charge in [-0.15, -0.1) is 0 Å². The van der Waals surface area contributed by atoms with Crippen LogP contribution in [0.4, 0.5) is 5.69 Å². The quantitative estimate of drug-likeness (QED) is 0.873. The van der Waals surface area contributed by atoms with Gasteiger partial charge >= 0.3 is 0 Å². The van der Waals surface area contributed by atoms with Crippen LogP contribution in [0.2, 0.25) is 0 Å². The molecule has 1 aliphatic heterocycles. The topological polar surface area (TPSA) is 62.3 Å². The van der Waals surface area contributed by atoms with E-state index in [0.717, 1.165) is 29.8 Å². The second-order valence-electron chi connectivity index (χ2n) is 6.82. The first-order valence-electron chi connectivity index (χ1n) is 8.58. The van der Waals surface area contributed by atoms with Gasteiger partial charge in [0.2, 0.25) is 11.8 Å². The van der Waals surface area contributed by atoms with E-state index in [0.29, 0.717) is 13.1 Å². The fraction of sp³-hybridized carbons (Fsp3) is 0.350. The van der Waals surface area contributed by atoms with Gasteiger partial charge in [0, 0.05) is 18.4 Å². The zero-order chi connectivity index (χ0) is 17.9. The van der Waals surface area contributed by atoms with Crippen molar-refractivity contribution >= 4 is 17.5 Å². The van der Waals surface area contributed by atoms with Crippen molar-refractivity contribution in [3.05, 3.63) is 59.9 Å². The minimum atomic E-state index is -1.14. The van der Waals surface area contributed by atoms with Gasteiger partial charge in [0.05, 0.1) is 12.2 Å². The molecule has 0 unspecified atom stereocenters. The fourth-order valence-electron chi connectivity index (χ4n) is 3.07. The van der Waals surface area contributed by atoms with Gasteiger partial charge in [0.25, 0.3) is 0 Å². The van der Waals surface area contributed by atoms with Gasteiger partial charge in [0.1, 0.15) is 5.41 Å². The summed E-state index contributed by atoms with van der Waals surface area (Å²) in [5.74, 6) is -0.454. The Morgan fingerprint density at radius 3 is 2.68 bits per heavy atom. The normalized spacial score (nSPS) is 13.9. The largest absolute Gasteiger partial charge is 0.350 e. The molecule has 1 N–H and O–H groups in total. The highest BCUT2D eigenvalue weighted by molar-refractivity contribution is 6.11. The van der Waals surface area contributed by atoms with Gasteiger partial charge in [-0.05, 0) is 50.5 Å². The molecule has 2 aromatic rings. The van der Waals surface area contributed by atoms with Crippen molar-refractivity contribution in [2.45, 2.75) is 33.2 Å². The van der Waals surface area contributed by atoms with E-state index in [1.807, 2.05) is 42.5 Å².